The number of rotatable bonds is 9. The van der Waals surface area contributed by atoms with Gasteiger partial charge >= 0.3 is 0 Å². The largest absolute Gasteiger partial charge is 0.495 e. The average Bonchev–Trinajstić information content (AvgIpc) is 2.79. The average molecular weight is 488 g/mol. The van der Waals surface area contributed by atoms with Crippen LogP contribution >= 0.6 is 11.6 Å². The second kappa shape index (κ2) is 10.5. The Bertz CT molecular complexity index is 1250. The lowest BCUT2D eigenvalue weighted by Gasteiger charge is -2.23. The molecule has 3 aromatic carbocycles. The van der Waals surface area contributed by atoms with Crippen molar-refractivity contribution in [1.29, 1.82) is 0 Å². The summed E-state index contributed by atoms with van der Waals surface area (Å²) in [6.07, 6.45) is 0. The molecule has 2 amide bonds. The lowest BCUT2D eigenvalue weighted by atomic mass is 10.2. The van der Waals surface area contributed by atoms with E-state index >= 15 is 0 Å². The summed E-state index contributed by atoms with van der Waals surface area (Å²) in [6, 6.07) is 19.1. The second-order valence-electron chi connectivity index (χ2n) is 7.04. The smallest absolute Gasteiger partial charge is 0.248 e. The summed E-state index contributed by atoms with van der Waals surface area (Å²) in [7, 11) is -2.81. The molecule has 0 heterocycles. The zero-order valence-electron chi connectivity index (χ0n) is 17.7. The SMILES string of the molecule is COc1ccc(Cl)cc1S(=O)(=O)N(CC(=O)Nc1ccc(C(N)=O)cc1)Cc1ccccc1. The van der Waals surface area contributed by atoms with Crippen LogP contribution in [0.1, 0.15) is 15.9 Å². The van der Waals surface area contributed by atoms with Gasteiger partial charge in [-0.2, -0.15) is 4.31 Å². The highest BCUT2D eigenvalue weighted by Crippen LogP contribution is 2.30. The van der Waals surface area contributed by atoms with E-state index in [0.29, 0.717) is 11.3 Å². The van der Waals surface area contributed by atoms with Crippen molar-refractivity contribution >= 4 is 39.1 Å². The first kappa shape index (κ1) is 24.2. The van der Waals surface area contributed by atoms with Crippen LogP contribution in [0.3, 0.4) is 0 Å². The molecule has 0 aliphatic carbocycles. The lowest BCUT2D eigenvalue weighted by Crippen LogP contribution is -2.37. The van der Waals surface area contributed by atoms with E-state index in [9.17, 15) is 18.0 Å². The Morgan fingerprint density at radius 2 is 1.70 bits per heavy atom. The van der Waals surface area contributed by atoms with Crippen LogP contribution < -0.4 is 15.8 Å². The van der Waals surface area contributed by atoms with Crippen molar-refractivity contribution in [2.45, 2.75) is 11.4 Å². The molecule has 0 saturated carbocycles. The van der Waals surface area contributed by atoms with E-state index in [2.05, 4.69) is 5.32 Å². The molecule has 8 nitrogen and oxygen atoms in total. The fraction of sp³-hybridized carbons (Fsp3) is 0.130. The van der Waals surface area contributed by atoms with Gasteiger partial charge in [0.15, 0.2) is 0 Å². The fourth-order valence-corrected chi connectivity index (χ4v) is 4.89. The summed E-state index contributed by atoms with van der Waals surface area (Å²) in [5.41, 5.74) is 6.60. The molecule has 0 saturated heterocycles. The molecular weight excluding hydrogens is 466 g/mol. The molecule has 0 atom stereocenters. The number of nitrogens with two attached hydrogens (primary N) is 1. The van der Waals surface area contributed by atoms with Crippen LogP contribution in [0.15, 0.2) is 77.7 Å². The first-order valence-electron chi connectivity index (χ1n) is 9.78. The third kappa shape index (κ3) is 6.10. The molecule has 33 heavy (non-hydrogen) atoms. The number of nitrogens with zero attached hydrogens (tertiary/aromatic N) is 1. The number of hydrogen-bond donors (Lipinski definition) is 2. The number of ether oxygens (including phenoxy) is 1. The van der Waals surface area contributed by atoms with E-state index in [1.54, 1.807) is 24.3 Å². The maximum absolute atomic E-state index is 13.5. The summed E-state index contributed by atoms with van der Waals surface area (Å²) in [6.45, 7) is -0.517. The molecular formula is C23H22ClN3O5S. The second-order valence-corrected chi connectivity index (χ2v) is 9.39. The summed E-state index contributed by atoms with van der Waals surface area (Å²) in [4.78, 5) is 23.8. The van der Waals surface area contributed by atoms with Crippen molar-refractivity contribution in [2.24, 2.45) is 5.73 Å². The van der Waals surface area contributed by atoms with E-state index in [1.165, 1.54) is 49.6 Å². The van der Waals surface area contributed by atoms with E-state index in [4.69, 9.17) is 22.1 Å². The van der Waals surface area contributed by atoms with Gasteiger partial charge in [-0.1, -0.05) is 41.9 Å². The number of sulfonamides is 1. The number of halogens is 1. The minimum absolute atomic E-state index is 0.0487. The normalized spacial score (nSPS) is 11.2. The molecule has 3 rings (SSSR count). The lowest BCUT2D eigenvalue weighted by molar-refractivity contribution is -0.116. The number of primary amides is 1. The molecule has 3 aromatic rings. The van der Waals surface area contributed by atoms with Crippen molar-refractivity contribution in [3.63, 3.8) is 0 Å². The third-order valence-electron chi connectivity index (χ3n) is 4.72. The number of carbonyl (C=O) groups is 2. The first-order chi connectivity index (χ1) is 15.7. The quantitative estimate of drug-likeness (QED) is 0.480. The molecule has 0 radical (unpaired) electrons. The highest BCUT2D eigenvalue weighted by atomic mass is 35.5. The third-order valence-corrected chi connectivity index (χ3v) is 6.77. The van der Waals surface area contributed by atoms with Gasteiger partial charge in [-0.3, -0.25) is 9.59 Å². The molecule has 10 heteroatoms. The van der Waals surface area contributed by atoms with Gasteiger partial charge < -0.3 is 15.8 Å². The summed E-state index contributed by atoms with van der Waals surface area (Å²) < 4.78 is 33.3. The Hall–Kier alpha value is -3.40. The molecule has 0 aliphatic rings. The van der Waals surface area contributed by atoms with Gasteiger partial charge in [0.05, 0.1) is 13.7 Å². The first-order valence-corrected chi connectivity index (χ1v) is 11.6. The summed E-state index contributed by atoms with van der Waals surface area (Å²) >= 11 is 6.04. The molecule has 0 aromatic heterocycles. The van der Waals surface area contributed by atoms with E-state index in [0.717, 1.165) is 4.31 Å². The van der Waals surface area contributed by atoms with Gasteiger partial charge in [-0.05, 0) is 48.0 Å². The molecule has 0 spiro atoms. The summed E-state index contributed by atoms with van der Waals surface area (Å²) in [5, 5.41) is 2.85. The van der Waals surface area contributed by atoms with Crippen LogP contribution in [0.2, 0.25) is 5.02 Å². The molecule has 0 aliphatic heterocycles. The van der Waals surface area contributed by atoms with Crippen LogP contribution in [0.4, 0.5) is 5.69 Å². The predicted octanol–water partition coefficient (Wildman–Crippen LogP) is 3.28. The monoisotopic (exact) mass is 487 g/mol. The Balaban J connectivity index is 1.90. The fourth-order valence-electron chi connectivity index (χ4n) is 3.08. The van der Waals surface area contributed by atoms with E-state index < -0.39 is 28.4 Å². The maximum Gasteiger partial charge on any atom is 0.248 e. The number of nitrogens with one attached hydrogen (secondary N) is 1. The minimum Gasteiger partial charge on any atom is -0.495 e. The maximum atomic E-state index is 13.5. The topological polar surface area (TPSA) is 119 Å². The molecule has 3 N–H and O–H groups in total. The number of anilines is 1. The number of amides is 2. The van der Waals surface area contributed by atoms with Crippen molar-refractivity contribution in [3.8, 4) is 5.75 Å². The molecule has 172 valence electrons. The van der Waals surface area contributed by atoms with Crippen molar-refractivity contribution in [2.75, 3.05) is 19.0 Å². The van der Waals surface area contributed by atoms with Gasteiger partial charge in [-0.15, -0.1) is 0 Å². The van der Waals surface area contributed by atoms with Crippen molar-refractivity contribution in [1.82, 2.24) is 4.31 Å². The van der Waals surface area contributed by atoms with Gasteiger partial charge in [0.25, 0.3) is 0 Å². The van der Waals surface area contributed by atoms with Gasteiger partial charge in [0.2, 0.25) is 21.8 Å². The zero-order valence-corrected chi connectivity index (χ0v) is 19.3. The number of methoxy groups -OCH3 is 1. The minimum atomic E-state index is -4.17. The van der Waals surface area contributed by atoms with Crippen LogP contribution in [-0.2, 0) is 21.4 Å². The van der Waals surface area contributed by atoms with Crippen LogP contribution in [-0.4, -0.2) is 38.2 Å². The van der Waals surface area contributed by atoms with Crippen molar-refractivity contribution < 1.29 is 22.7 Å². The number of benzene rings is 3. The van der Waals surface area contributed by atoms with Gasteiger partial charge in [-0.25, -0.2) is 8.42 Å². The van der Waals surface area contributed by atoms with Crippen LogP contribution in [0, 0.1) is 0 Å². The van der Waals surface area contributed by atoms with Gasteiger partial charge in [0, 0.05) is 22.8 Å². The van der Waals surface area contributed by atoms with Crippen molar-refractivity contribution in [3.05, 3.63) is 88.9 Å². The van der Waals surface area contributed by atoms with Crippen LogP contribution in [0.5, 0.6) is 5.75 Å². The highest BCUT2D eigenvalue weighted by Gasteiger charge is 2.30. The molecule has 0 fully saturated rings. The van der Waals surface area contributed by atoms with Gasteiger partial charge in [0.1, 0.15) is 10.6 Å². The molecule has 0 unspecified atom stereocenters. The zero-order chi connectivity index (χ0) is 24.0. The molecule has 0 bridgehead atoms. The van der Waals surface area contributed by atoms with E-state index in [1.807, 2.05) is 6.07 Å². The standard InChI is InChI=1S/C23H22ClN3O5S/c1-32-20-12-9-18(24)13-21(20)33(30,31)27(14-16-5-3-2-4-6-16)15-22(28)26-19-10-7-17(8-11-19)23(25)29/h2-13H,14-15H2,1H3,(H2,25,29)(H,26,28). The predicted molar refractivity (Wildman–Crippen MR) is 126 cm³/mol. The Kier molecular flexibility index (Phi) is 7.70. The Morgan fingerprint density at radius 3 is 2.30 bits per heavy atom. The number of carbonyl (C=O) groups excluding carboxylic acids is 2. The summed E-state index contributed by atoms with van der Waals surface area (Å²) in [5.74, 6) is -1.05. The number of hydrogen-bond acceptors (Lipinski definition) is 5. The van der Waals surface area contributed by atoms with Crippen LogP contribution in [0.25, 0.3) is 0 Å². The van der Waals surface area contributed by atoms with E-state index in [-0.39, 0.29) is 27.8 Å². The Labute approximate surface area is 197 Å². The Morgan fingerprint density at radius 1 is 1.03 bits per heavy atom. The highest BCUT2D eigenvalue weighted by molar-refractivity contribution is 7.89.